The van der Waals surface area contributed by atoms with Crippen molar-refractivity contribution in [2.75, 3.05) is 31.1 Å². The summed E-state index contributed by atoms with van der Waals surface area (Å²) in [7, 11) is 0. The lowest BCUT2D eigenvalue weighted by Gasteiger charge is -2.34. The van der Waals surface area contributed by atoms with Gasteiger partial charge in [0.25, 0.3) is 5.91 Å². The van der Waals surface area contributed by atoms with E-state index in [9.17, 15) is 9.59 Å². The number of hydrogen-bond acceptors (Lipinski definition) is 5. The zero-order valence-electron chi connectivity index (χ0n) is 13.4. The first-order chi connectivity index (χ1) is 11.7. The summed E-state index contributed by atoms with van der Waals surface area (Å²) in [4.78, 5) is 31.3. The Balaban J connectivity index is 1.44. The zero-order valence-corrected chi connectivity index (χ0v) is 13.4. The van der Waals surface area contributed by atoms with E-state index in [2.05, 4.69) is 22.0 Å². The van der Waals surface area contributed by atoms with E-state index in [0.717, 1.165) is 37.1 Å². The Kier molecular flexibility index (Phi) is 3.80. The number of aromatic nitrogens is 1. The van der Waals surface area contributed by atoms with Crippen LogP contribution in [0.25, 0.3) is 10.8 Å². The van der Waals surface area contributed by atoms with Gasteiger partial charge in [-0.25, -0.2) is 14.7 Å². The molecule has 2 saturated heterocycles. The lowest BCUT2D eigenvalue weighted by atomic mass is 9.96. The van der Waals surface area contributed by atoms with Crippen LogP contribution >= 0.6 is 0 Å². The van der Waals surface area contributed by atoms with Gasteiger partial charge in [-0.1, -0.05) is 24.3 Å². The number of piperidine rings is 1. The summed E-state index contributed by atoms with van der Waals surface area (Å²) in [5, 5.41) is 2.35. The van der Waals surface area contributed by atoms with Crippen molar-refractivity contribution < 1.29 is 14.3 Å². The van der Waals surface area contributed by atoms with E-state index in [1.54, 1.807) is 0 Å². The van der Waals surface area contributed by atoms with Crippen molar-refractivity contribution in [1.82, 2.24) is 9.88 Å². The van der Waals surface area contributed by atoms with Crippen LogP contribution < -0.4 is 4.90 Å². The third kappa shape index (κ3) is 2.68. The molecule has 124 valence electrons. The molecule has 0 spiro atoms. The number of hydrogen-bond donors (Lipinski definition) is 0. The molecule has 0 unspecified atom stereocenters. The number of carbonyl (C=O) groups is 2. The number of amides is 2. The maximum Gasteiger partial charge on any atom is 0.417 e. The van der Waals surface area contributed by atoms with Gasteiger partial charge in [0.2, 0.25) is 0 Å². The highest BCUT2D eigenvalue weighted by Gasteiger charge is 2.34. The second kappa shape index (κ2) is 6.11. The highest BCUT2D eigenvalue weighted by Crippen LogP contribution is 2.28. The normalized spacial score (nSPS) is 19.2. The molecule has 6 heteroatoms. The summed E-state index contributed by atoms with van der Waals surface area (Å²) in [6, 6.07) is 10.3. The first-order valence-corrected chi connectivity index (χ1v) is 8.28. The molecule has 6 nitrogen and oxygen atoms in total. The predicted octanol–water partition coefficient (Wildman–Crippen LogP) is 2.43. The molecule has 2 fully saturated rings. The fourth-order valence-corrected chi connectivity index (χ4v) is 3.50. The van der Waals surface area contributed by atoms with Crippen molar-refractivity contribution in [2.24, 2.45) is 5.92 Å². The van der Waals surface area contributed by atoms with Crippen molar-refractivity contribution >= 4 is 28.6 Å². The standard InChI is InChI=1S/C18H19N3O3/c22-16-12-24-18(23)21(16)11-13-6-9-20(10-7-13)17-15-4-2-1-3-14(15)5-8-19-17/h1-5,8,13H,6-7,9-12H2. The molecule has 24 heavy (non-hydrogen) atoms. The highest BCUT2D eigenvalue weighted by atomic mass is 16.6. The molecule has 2 aliphatic rings. The predicted molar refractivity (Wildman–Crippen MR) is 89.7 cm³/mol. The average Bonchev–Trinajstić information content (AvgIpc) is 2.94. The van der Waals surface area contributed by atoms with Gasteiger partial charge >= 0.3 is 6.09 Å². The van der Waals surface area contributed by atoms with Crippen molar-refractivity contribution in [1.29, 1.82) is 0 Å². The minimum atomic E-state index is -0.502. The summed E-state index contributed by atoms with van der Waals surface area (Å²) in [6.07, 6.45) is 3.21. The fourth-order valence-electron chi connectivity index (χ4n) is 3.50. The Morgan fingerprint density at radius 1 is 1.12 bits per heavy atom. The van der Waals surface area contributed by atoms with Crippen LogP contribution in [0.1, 0.15) is 12.8 Å². The highest BCUT2D eigenvalue weighted by molar-refractivity contribution is 5.97. The van der Waals surface area contributed by atoms with E-state index in [0.29, 0.717) is 12.5 Å². The van der Waals surface area contributed by atoms with Crippen LogP contribution in [0.15, 0.2) is 36.5 Å². The average molecular weight is 325 g/mol. The third-order valence-electron chi connectivity index (χ3n) is 4.85. The summed E-state index contributed by atoms with van der Waals surface area (Å²) in [5.41, 5.74) is 0. The Morgan fingerprint density at radius 3 is 2.67 bits per heavy atom. The molecule has 1 aromatic heterocycles. The van der Waals surface area contributed by atoms with E-state index < -0.39 is 6.09 Å². The van der Waals surface area contributed by atoms with Crippen LogP contribution in [-0.4, -0.2) is 48.1 Å². The van der Waals surface area contributed by atoms with Crippen molar-refractivity contribution in [3.05, 3.63) is 36.5 Å². The van der Waals surface area contributed by atoms with Gasteiger partial charge in [-0.15, -0.1) is 0 Å². The van der Waals surface area contributed by atoms with Crippen LogP contribution in [0.5, 0.6) is 0 Å². The van der Waals surface area contributed by atoms with Gasteiger partial charge in [0.05, 0.1) is 0 Å². The lowest BCUT2D eigenvalue weighted by Crippen LogP contribution is -2.40. The van der Waals surface area contributed by atoms with Gasteiger partial charge < -0.3 is 9.64 Å². The zero-order chi connectivity index (χ0) is 16.5. The van der Waals surface area contributed by atoms with Crippen molar-refractivity contribution in [3.63, 3.8) is 0 Å². The first kappa shape index (κ1) is 14.9. The number of pyridine rings is 1. The summed E-state index contributed by atoms with van der Waals surface area (Å²) >= 11 is 0. The van der Waals surface area contributed by atoms with Gasteiger partial charge in [-0.3, -0.25) is 4.79 Å². The van der Waals surface area contributed by atoms with Crippen LogP contribution in [0.2, 0.25) is 0 Å². The molecule has 0 saturated carbocycles. The molecule has 3 heterocycles. The number of rotatable bonds is 3. The van der Waals surface area contributed by atoms with Gasteiger partial charge in [-0.05, 0) is 30.2 Å². The van der Waals surface area contributed by atoms with E-state index in [1.807, 2.05) is 24.4 Å². The van der Waals surface area contributed by atoms with E-state index >= 15 is 0 Å². The SMILES string of the molecule is O=C1COC(=O)N1CC1CCN(c2nccc3ccccc23)CC1. The van der Waals surface area contributed by atoms with Gasteiger partial charge in [-0.2, -0.15) is 0 Å². The molecule has 2 aliphatic heterocycles. The van der Waals surface area contributed by atoms with Gasteiger partial charge in [0.15, 0.2) is 6.61 Å². The molecule has 0 radical (unpaired) electrons. The maximum atomic E-state index is 11.7. The molecule has 1 aromatic carbocycles. The number of fused-ring (bicyclic) bond motifs is 1. The molecule has 2 amide bonds. The second-order valence-electron chi connectivity index (χ2n) is 6.35. The van der Waals surface area contributed by atoms with Crippen LogP contribution in [0.3, 0.4) is 0 Å². The number of benzene rings is 1. The number of imide groups is 1. The number of carbonyl (C=O) groups excluding carboxylic acids is 2. The molecule has 0 atom stereocenters. The Hall–Kier alpha value is -2.63. The topological polar surface area (TPSA) is 62.7 Å². The van der Waals surface area contributed by atoms with Gasteiger partial charge in [0.1, 0.15) is 5.82 Å². The Morgan fingerprint density at radius 2 is 1.92 bits per heavy atom. The minimum absolute atomic E-state index is 0.113. The second-order valence-corrected chi connectivity index (χ2v) is 6.35. The summed E-state index contributed by atoms with van der Waals surface area (Å²) < 4.78 is 4.77. The minimum Gasteiger partial charge on any atom is -0.439 e. The third-order valence-corrected chi connectivity index (χ3v) is 4.85. The smallest absolute Gasteiger partial charge is 0.417 e. The van der Waals surface area contributed by atoms with E-state index in [4.69, 9.17) is 4.74 Å². The number of cyclic esters (lactones) is 1. The molecule has 0 bridgehead atoms. The lowest BCUT2D eigenvalue weighted by molar-refractivity contribution is -0.126. The first-order valence-electron chi connectivity index (χ1n) is 8.28. The molecule has 0 aliphatic carbocycles. The fraction of sp³-hybridized carbons (Fsp3) is 0.389. The monoisotopic (exact) mass is 325 g/mol. The quantitative estimate of drug-likeness (QED) is 0.867. The molecule has 4 rings (SSSR count). The Bertz CT molecular complexity index is 763. The number of ether oxygens (including phenoxy) is 1. The van der Waals surface area contributed by atoms with Crippen molar-refractivity contribution in [3.8, 4) is 0 Å². The number of anilines is 1. The van der Waals surface area contributed by atoms with Gasteiger partial charge in [0, 0.05) is 31.2 Å². The summed E-state index contributed by atoms with van der Waals surface area (Å²) in [6.45, 7) is 2.11. The van der Waals surface area contributed by atoms with Crippen LogP contribution in [-0.2, 0) is 9.53 Å². The van der Waals surface area contributed by atoms with Crippen LogP contribution in [0.4, 0.5) is 10.6 Å². The van der Waals surface area contributed by atoms with Crippen molar-refractivity contribution in [2.45, 2.75) is 12.8 Å². The largest absolute Gasteiger partial charge is 0.439 e. The van der Waals surface area contributed by atoms with E-state index in [1.165, 1.54) is 10.3 Å². The van der Waals surface area contributed by atoms with E-state index in [-0.39, 0.29) is 12.5 Å². The Labute approximate surface area is 140 Å². The summed E-state index contributed by atoms with van der Waals surface area (Å²) in [5.74, 6) is 1.12. The molecule has 0 N–H and O–H groups in total. The number of nitrogens with zero attached hydrogens (tertiary/aromatic N) is 3. The van der Waals surface area contributed by atoms with Crippen LogP contribution in [0, 0.1) is 5.92 Å². The maximum absolute atomic E-state index is 11.7. The molecular weight excluding hydrogens is 306 g/mol. The molecular formula is C18H19N3O3. The molecule has 2 aromatic rings.